The van der Waals surface area contributed by atoms with Crippen molar-refractivity contribution in [3.63, 3.8) is 0 Å². The molecular formula is C21H22O4. The van der Waals surface area contributed by atoms with Gasteiger partial charge in [-0.1, -0.05) is 42.0 Å². The molecule has 25 heavy (non-hydrogen) atoms. The van der Waals surface area contributed by atoms with E-state index < -0.39 is 0 Å². The van der Waals surface area contributed by atoms with Gasteiger partial charge >= 0.3 is 0 Å². The molecule has 0 saturated carbocycles. The van der Waals surface area contributed by atoms with Gasteiger partial charge in [-0.05, 0) is 25.8 Å². The Morgan fingerprint density at radius 3 is 2.68 bits per heavy atom. The minimum atomic E-state index is -0.363. The summed E-state index contributed by atoms with van der Waals surface area (Å²) >= 11 is 0. The highest BCUT2D eigenvalue weighted by atomic mass is 16.5. The number of rotatable bonds is 4. The monoisotopic (exact) mass is 338 g/mol. The lowest BCUT2D eigenvalue weighted by Gasteiger charge is -2.29. The number of phenolic OH excluding ortho intramolecular Hbond substituents is 1. The fraction of sp³-hybridized carbons (Fsp3) is 0.286. The van der Waals surface area contributed by atoms with Gasteiger partial charge in [0.1, 0.15) is 28.9 Å². The highest BCUT2D eigenvalue weighted by molar-refractivity contribution is 6.03. The van der Waals surface area contributed by atoms with E-state index in [1.807, 2.05) is 50.3 Å². The maximum absolute atomic E-state index is 12.8. The van der Waals surface area contributed by atoms with Crippen molar-refractivity contribution in [2.24, 2.45) is 0 Å². The van der Waals surface area contributed by atoms with E-state index in [1.54, 1.807) is 0 Å². The second-order valence-electron chi connectivity index (χ2n) is 6.41. The quantitative estimate of drug-likeness (QED) is 0.827. The van der Waals surface area contributed by atoms with Gasteiger partial charge in [0.2, 0.25) is 0 Å². The van der Waals surface area contributed by atoms with Crippen molar-refractivity contribution < 1.29 is 19.4 Å². The molecule has 1 atom stereocenters. The van der Waals surface area contributed by atoms with Gasteiger partial charge < -0.3 is 14.6 Å². The molecular weight excluding hydrogens is 316 g/mol. The number of carbonyl (C=O) groups excluding carboxylic acids is 1. The average Bonchev–Trinajstić information content (AvgIpc) is 2.60. The van der Waals surface area contributed by atoms with Crippen LogP contribution in [0.3, 0.4) is 0 Å². The summed E-state index contributed by atoms with van der Waals surface area (Å²) in [4.78, 5) is 12.8. The molecule has 1 heterocycles. The molecule has 0 radical (unpaired) electrons. The third-order valence-electron chi connectivity index (χ3n) is 4.34. The maximum Gasteiger partial charge on any atom is 0.174 e. The number of hydrogen-bond acceptors (Lipinski definition) is 4. The lowest BCUT2D eigenvalue weighted by atomic mass is 9.92. The molecule has 0 aliphatic carbocycles. The van der Waals surface area contributed by atoms with E-state index in [-0.39, 0.29) is 24.1 Å². The molecule has 0 aromatic heterocycles. The normalized spacial score (nSPS) is 16.0. The van der Waals surface area contributed by atoms with Crippen LogP contribution in [-0.2, 0) is 6.42 Å². The van der Waals surface area contributed by atoms with Crippen molar-refractivity contribution in [3.05, 3.63) is 64.7 Å². The number of carbonyl (C=O) groups is 1. The lowest BCUT2D eigenvalue weighted by Crippen LogP contribution is -2.22. The van der Waals surface area contributed by atoms with Crippen LogP contribution in [0.25, 0.3) is 0 Å². The van der Waals surface area contributed by atoms with Gasteiger partial charge in [0.25, 0.3) is 0 Å². The van der Waals surface area contributed by atoms with E-state index in [0.717, 1.165) is 11.1 Å². The van der Waals surface area contributed by atoms with Crippen LogP contribution in [0.5, 0.6) is 17.2 Å². The van der Waals surface area contributed by atoms with Gasteiger partial charge in [-0.25, -0.2) is 0 Å². The van der Waals surface area contributed by atoms with Gasteiger partial charge in [0.15, 0.2) is 5.78 Å². The molecule has 2 aromatic rings. The number of fused-ring (bicyclic) bond motifs is 1. The van der Waals surface area contributed by atoms with Gasteiger partial charge in [0.05, 0.1) is 13.5 Å². The zero-order valence-corrected chi connectivity index (χ0v) is 14.7. The zero-order valence-electron chi connectivity index (χ0n) is 14.7. The standard InChI is InChI=1S/C21H22O4/c1-13(2)9-10-15-16(22)11-19(24-3)20-17(23)12-18(25-21(15)20)14-7-5-4-6-8-14/h4-9,11,18,22H,10,12H2,1-3H3/t18-/m0/s1. The second-order valence-corrected chi connectivity index (χ2v) is 6.41. The minimum absolute atomic E-state index is 0.0367. The number of ketones is 1. The summed E-state index contributed by atoms with van der Waals surface area (Å²) in [6.07, 6.45) is 2.38. The molecule has 4 heteroatoms. The number of aromatic hydroxyl groups is 1. The van der Waals surface area contributed by atoms with E-state index in [2.05, 4.69) is 0 Å². The first-order chi connectivity index (χ1) is 12.0. The van der Waals surface area contributed by atoms with Crippen LogP contribution in [0.4, 0.5) is 0 Å². The van der Waals surface area contributed by atoms with Crippen molar-refractivity contribution in [2.45, 2.75) is 32.8 Å². The fourth-order valence-electron chi connectivity index (χ4n) is 3.03. The Kier molecular flexibility index (Phi) is 4.79. The summed E-state index contributed by atoms with van der Waals surface area (Å²) in [7, 11) is 1.49. The van der Waals surface area contributed by atoms with Gasteiger partial charge in [-0.15, -0.1) is 0 Å². The Bertz CT molecular complexity index is 818. The topological polar surface area (TPSA) is 55.8 Å². The van der Waals surface area contributed by atoms with Crippen LogP contribution >= 0.6 is 0 Å². The van der Waals surface area contributed by atoms with Crippen molar-refractivity contribution in [1.82, 2.24) is 0 Å². The highest BCUT2D eigenvalue weighted by Gasteiger charge is 2.33. The largest absolute Gasteiger partial charge is 0.507 e. The molecule has 0 unspecified atom stereocenters. The molecule has 2 aromatic carbocycles. The van der Waals surface area contributed by atoms with Crippen LogP contribution in [0, 0.1) is 0 Å². The predicted molar refractivity (Wildman–Crippen MR) is 96.6 cm³/mol. The third-order valence-corrected chi connectivity index (χ3v) is 4.34. The Labute approximate surface area is 147 Å². The molecule has 0 saturated heterocycles. The minimum Gasteiger partial charge on any atom is -0.507 e. The van der Waals surface area contributed by atoms with Crippen molar-refractivity contribution in [3.8, 4) is 17.2 Å². The van der Waals surface area contributed by atoms with Gasteiger partial charge in [0, 0.05) is 11.6 Å². The summed E-state index contributed by atoms with van der Waals surface area (Å²) in [5.74, 6) is 0.824. The molecule has 0 spiro atoms. The summed E-state index contributed by atoms with van der Waals surface area (Å²) in [6.45, 7) is 3.98. The van der Waals surface area contributed by atoms with Gasteiger partial charge in [-0.3, -0.25) is 4.79 Å². The molecule has 1 aliphatic heterocycles. The molecule has 130 valence electrons. The molecule has 3 rings (SSSR count). The smallest absolute Gasteiger partial charge is 0.174 e. The second kappa shape index (κ2) is 7.01. The first kappa shape index (κ1) is 17.1. The lowest BCUT2D eigenvalue weighted by molar-refractivity contribution is 0.0842. The summed E-state index contributed by atoms with van der Waals surface area (Å²) in [5.41, 5.74) is 3.11. The van der Waals surface area contributed by atoms with E-state index in [9.17, 15) is 9.90 Å². The molecule has 4 nitrogen and oxygen atoms in total. The highest BCUT2D eigenvalue weighted by Crippen LogP contribution is 2.45. The van der Waals surface area contributed by atoms with E-state index in [0.29, 0.717) is 29.0 Å². The van der Waals surface area contributed by atoms with E-state index >= 15 is 0 Å². The number of ether oxygens (including phenoxy) is 2. The summed E-state index contributed by atoms with van der Waals surface area (Å²) in [5, 5.41) is 10.4. The SMILES string of the molecule is COc1cc(O)c(CC=C(C)C)c2c1C(=O)C[C@@H](c1ccccc1)O2. The fourth-order valence-corrected chi connectivity index (χ4v) is 3.03. The van der Waals surface area contributed by atoms with Crippen molar-refractivity contribution in [1.29, 1.82) is 0 Å². The van der Waals surface area contributed by atoms with Crippen LogP contribution in [0.1, 0.15) is 47.9 Å². The summed E-state index contributed by atoms with van der Waals surface area (Å²) in [6, 6.07) is 11.2. The first-order valence-corrected chi connectivity index (χ1v) is 8.32. The molecule has 0 fully saturated rings. The third kappa shape index (κ3) is 3.38. The van der Waals surface area contributed by atoms with Crippen LogP contribution < -0.4 is 9.47 Å². The van der Waals surface area contributed by atoms with Crippen LogP contribution in [0.15, 0.2) is 48.0 Å². The molecule has 1 N–H and O–H groups in total. The number of methoxy groups -OCH3 is 1. The van der Waals surface area contributed by atoms with Gasteiger partial charge in [-0.2, -0.15) is 0 Å². The predicted octanol–water partition coefficient (Wildman–Crippen LogP) is 4.62. The van der Waals surface area contributed by atoms with Crippen LogP contribution in [-0.4, -0.2) is 18.0 Å². The number of hydrogen-bond donors (Lipinski definition) is 1. The van der Waals surface area contributed by atoms with Crippen molar-refractivity contribution in [2.75, 3.05) is 7.11 Å². The average molecular weight is 338 g/mol. The van der Waals surface area contributed by atoms with E-state index in [4.69, 9.17) is 9.47 Å². The number of allylic oxidation sites excluding steroid dienone is 2. The Hall–Kier alpha value is -2.75. The molecule has 0 amide bonds. The zero-order chi connectivity index (χ0) is 18.0. The number of benzene rings is 2. The maximum atomic E-state index is 12.8. The molecule has 1 aliphatic rings. The van der Waals surface area contributed by atoms with E-state index in [1.165, 1.54) is 13.2 Å². The van der Waals surface area contributed by atoms with Crippen molar-refractivity contribution >= 4 is 5.78 Å². The first-order valence-electron chi connectivity index (χ1n) is 8.32. The number of Topliss-reactive ketones (excluding diaryl/α,β-unsaturated/α-hetero) is 1. The Morgan fingerprint density at radius 2 is 2.04 bits per heavy atom. The summed E-state index contributed by atoms with van der Waals surface area (Å²) < 4.78 is 11.5. The Morgan fingerprint density at radius 1 is 1.32 bits per heavy atom. The Balaban J connectivity index is 2.11. The molecule has 0 bridgehead atoms. The van der Waals surface area contributed by atoms with Crippen LogP contribution in [0.2, 0.25) is 0 Å². The number of phenols is 1.